The van der Waals surface area contributed by atoms with Gasteiger partial charge >= 0.3 is 5.97 Å². The van der Waals surface area contributed by atoms with Gasteiger partial charge in [-0.2, -0.15) is 5.26 Å². The smallest absolute Gasteiger partial charge is 0.349 e. The lowest BCUT2D eigenvalue weighted by atomic mass is 10.1. The second-order valence-electron chi connectivity index (χ2n) is 8.43. The van der Waals surface area contributed by atoms with E-state index in [1.165, 1.54) is 26.2 Å². The monoisotopic (exact) mass is 497 g/mol. The van der Waals surface area contributed by atoms with Crippen molar-refractivity contribution in [2.24, 2.45) is 0 Å². The molecule has 0 N–H and O–H groups in total. The predicted molar refractivity (Wildman–Crippen MR) is 134 cm³/mol. The van der Waals surface area contributed by atoms with Crippen LogP contribution in [0.5, 0.6) is 0 Å². The van der Waals surface area contributed by atoms with Gasteiger partial charge in [0.25, 0.3) is 0 Å². The molecule has 2 aromatic heterocycles. The Morgan fingerprint density at radius 1 is 1.20 bits per heavy atom. The number of aryl methyl sites for hydroxylation is 2. The van der Waals surface area contributed by atoms with Gasteiger partial charge < -0.3 is 13.9 Å². The predicted octanol–water partition coefficient (Wildman–Crippen LogP) is 3.79. The molecule has 10 heteroatoms. The molecule has 0 unspecified atom stereocenters. The second kappa shape index (κ2) is 10.5. The highest BCUT2D eigenvalue weighted by molar-refractivity contribution is 7.89. The summed E-state index contributed by atoms with van der Waals surface area (Å²) in [5.74, 6) is -0.271. The number of carbonyl (C=O) groups is 1. The fourth-order valence-corrected chi connectivity index (χ4v) is 4.96. The first-order valence-electron chi connectivity index (χ1n) is 11.4. The lowest BCUT2D eigenvalue weighted by Gasteiger charge is -2.11. The Morgan fingerprint density at radius 3 is 2.51 bits per heavy atom. The Bertz CT molecular complexity index is 1440. The van der Waals surface area contributed by atoms with E-state index in [2.05, 4.69) is 16.5 Å². The largest absolute Gasteiger partial charge is 0.453 e. The number of imidazole rings is 1. The van der Waals surface area contributed by atoms with E-state index in [1.54, 1.807) is 12.1 Å². The number of aromatic nitrogens is 3. The van der Waals surface area contributed by atoms with Gasteiger partial charge in [0.2, 0.25) is 10.0 Å². The first-order chi connectivity index (χ1) is 16.5. The number of hydrogen-bond donors (Lipinski definition) is 0. The van der Waals surface area contributed by atoms with Crippen molar-refractivity contribution in [3.63, 3.8) is 0 Å². The Kier molecular flexibility index (Phi) is 7.83. The minimum Gasteiger partial charge on any atom is -0.453 e. The quantitative estimate of drug-likeness (QED) is 0.253. The Morgan fingerprint density at radius 2 is 1.91 bits per heavy atom. The maximum absolute atomic E-state index is 12.7. The molecular weight excluding hydrogens is 466 g/mol. The van der Waals surface area contributed by atoms with E-state index < -0.39 is 16.0 Å². The molecule has 0 saturated carbocycles. The van der Waals surface area contributed by atoms with Gasteiger partial charge in [0, 0.05) is 38.6 Å². The van der Waals surface area contributed by atoms with Crippen LogP contribution in [-0.4, -0.2) is 46.9 Å². The Labute approximate surface area is 206 Å². The minimum absolute atomic E-state index is 0.0970. The molecule has 0 amide bonds. The molecule has 186 valence electrons. The molecule has 0 atom stereocenters. The average Bonchev–Trinajstić information content (AvgIpc) is 3.31. The summed E-state index contributed by atoms with van der Waals surface area (Å²) in [5, 5.41) is 9.58. The highest BCUT2D eigenvalue weighted by atomic mass is 32.2. The van der Waals surface area contributed by atoms with Crippen molar-refractivity contribution < 1.29 is 17.9 Å². The van der Waals surface area contributed by atoms with Gasteiger partial charge in [-0.25, -0.2) is 22.5 Å². The summed E-state index contributed by atoms with van der Waals surface area (Å²) in [6.45, 7) is 9.24. The molecule has 3 rings (SSSR count). The average molecular weight is 498 g/mol. The fraction of sp³-hybridized carbons (Fsp3) is 0.400. The van der Waals surface area contributed by atoms with Crippen LogP contribution in [0.1, 0.15) is 43.0 Å². The van der Waals surface area contributed by atoms with Crippen molar-refractivity contribution in [1.82, 2.24) is 18.4 Å². The van der Waals surface area contributed by atoms with Crippen molar-refractivity contribution in [2.45, 2.75) is 58.7 Å². The van der Waals surface area contributed by atoms with E-state index in [0.717, 1.165) is 39.7 Å². The summed E-state index contributed by atoms with van der Waals surface area (Å²) in [6.07, 6.45) is 2.53. The van der Waals surface area contributed by atoms with Gasteiger partial charge in [0.1, 0.15) is 24.1 Å². The highest BCUT2D eigenvalue weighted by Crippen LogP contribution is 2.23. The lowest BCUT2D eigenvalue weighted by molar-refractivity contribution is -0.140. The maximum Gasteiger partial charge on any atom is 0.349 e. The minimum atomic E-state index is -3.60. The van der Waals surface area contributed by atoms with E-state index in [0.29, 0.717) is 17.9 Å². The number of rotatable bonds is 9. The third-order valence-corrected chi connectivity index (χ3v) is 7.74. The number of ether oxygens (including phenoxy) is 1. The maximum atomic E-state index is 12.7. The topological polar surface area (TPSA) is 110 Å². The summed E-state index contributed by atoms with van der Waals surface area (Å²) in [6, 6.07) is 8.63. The van der Waals surface area contributed by atoms with Crippen LogP contribution in [-0.2, 0) is 39.3 Å². The molecule has 0 spiro atoms. The summed E-state index contributed by atoms with van der Waals surface area (Å²) in [5.41, 5.74) is 3.98. The molecule has 35 heavy (non-hydrogen) atoms. The van der Waals surface area contributed by atoms with Crippen LogP contribution in [0.2, 0.25) is 0 Å². The summed E-state index contributed by atoms with van der Waals surface area (Å²) in [4.78, 5) is 17.4. The van der Waals surface area contributed by atoms with Gasteiger partial charge in [0.15, 0.2) is 0 Å². The molecule has 9 nitrogen and oxygen atoms in total. The van der Waals surface area contributed by atoms with Crippen LogP contribution >= 0.6 is 0 Å². The van der Waals surface area contributed by atoms with Crippen molar-refractivity contribution in [2.75, 3.05) is 14.1 Å². The molecule has 0 aliphatic carbocycles. The molecule has 1 aromatic carbocycles. The number of carbonyl (C=O) groups excluding carboxylic acids is 1. The van der Waals surface area contributed by atoms with Gasteiger partial charge in [-0.05, 0) is 63.1 Å². The van der Waals surface area contributed by atoms with E-state index >= 15 is 0 Å². The van der Waals surface area contributed by atoms with Gasteiger partial charge in [-0.15, -0.1) is 0 Å². The third kappa shape index (κ3) is 5.16. The summed E-state index contributed by atoms with van der Waals surface area (Å²) in [7, 11) is -0.666. The Hall–Kier alpha value is -3.42. The number of hydrogen-bond acceptors (Lipinski definition) is 6. The van der Waals surface area contributed by atoms with Crippen LogP contribution in [0.4, 0.5) is 0 Å². The Balaban J connectivity index is 1.86. The summed E-state index contributed by atoms with van der Waals surface area (Å²) < 4.78 is 35.5. The molecule has 0 fully saturated rings. The lowest BCUT2D eigenvalue weighted by Crippen LogP contribution is -2.22. The summed E-state index contributed by atoms with van der Waals surface area (Å²) >= 11 is 0. The fourth-order valence-electron chi connectivity index (χ4n) is 4.04. The molecule has 0 aliphatic heterocycles. The zero-order valence-electron chi connectivity index (χ0n) is 21.0. The molecule has 0 radical (unpaired) electrons. The van der Waals surface area contributed by atoms with E-state index in [1.807, 2.05) is 37.5 Å². The molecular formula is C25H31N5O4S. The first-order valence-corrected chi connectivity index (χ1v) is 12.9. The number of nitrogens with zero attached hydrogens (tertiary/aromatic N) is 5. The zero-order valence-corrected chi connectivity index (χ0v) is 21.8. The van der Waals surface area contributed by atoms with Crippen molar-refractivity contribution >= 4 is 33.1 Å². The number of sulfonamides is 1. The molecule has 3 aromatic rings. The van der Waals surface area contributed by atoms with Crippen LogP contribution < -0.4 is 0 Å². The third-order valence-electron chi connectivity index (χ3n) is 5.93. The molecule has 0 aliphatic rings. The van der Waals surface area contributed by atoms with E-state index in [-0.39, 0.29) is 17.1 Å². The molecule has 0 bridgehead atoms. The first kappa shape index (κ1) is 26.2. The standard InChI is InChI=1S/C25H31N5O4S/c1-7-11-30-17(3)12-19(18(30)4)13-20(15-26)25(31)34-16-24-27-22-14-21(35(32,33)28(5)6)9-10-23(22)29(24)8-2/h9-10,12-14H,7-8,11,16H2,1-6H3/b20-13+. The van der Waals surface area contributed by atoms with E-state index in [4.69, 9.17) is 4.74 Å². The number of esters is 1. The number of benzene rings is 1. The van der Waals surface area contributed by atoms with Crippen molar-refractivity contribution in [1.29, 1.82) is 5.26 Å². The number of fused-ring (bicyclic) bond motifs is 1. The van der Waals surface area contributed by atoms with Crippen LogP contribution in [0.25, 0.3) is 17.1 Å². The van der Waals surface area contributed by atoms with Gasteiger partial charge in [0.05, 0.1) is 15.9 Å². The van der Waals surface area contributed by atoms with Crippen molar-refractivity contribution in [3.8, 4) is 6.07 Å². The van der Waals surface area contributed by atoms with Crippen LogP contribution in [0, 0.1) is 25.2 Å². The SMILES string of the molecule is CCCn1c(C)cc(/C=C(\C#N)C(=O)OCc2nc3cc(S(=O)(=O)N(C)C)ccc3n2CC)c1C. The second-order valence-corrected chi connectivity index (χ2v) is 10.6. The van der Waals surface area contributed by atoms with Crippen LogP contribution in [0.15, 0.2) is 34.7 Å². The van der Waals surface area contributed by atoms with Gasteiger partial charge in [-0.1, -0.05) is 6.92 Å². The zero-order chi connectivity index (χ0) is 25.9. The van der Waals surface area contributed by atoms with E-state index in [9.17, 15) is 18.5 Å². The molecule has 0 saturated heterocycles. The number of nitriles is 1. The molecule has 2 heterocycles. The highest BCUT2D eigenvalue weighted by Gasteiger charge is 2.20. The normalized spacial score (nSPS) is 12.3. The van der Waals surface area contributed by atoms with Crippen LogP contribution in [0.3, 0.4) is 0 Å². The van der Waals surface area contributed by atoms with Crippen molar-refractivity contribution in [3.05, 3.63) is 52.6 Å². The van der Waals surface area contributed by atoms with Gasteiger partial charge in [-0.3, -0.25) is 0 Å².